The molecule has 3 unspecified atom stereocenters. The first-order valence-corrected chi connectivity index (χ1v) is 11.6. The maximum Gasteiger partial charge on any atom is 0.327 e. The molecule has 3 heterocycles. The van der Waals surface area contributed by atoms with Crippen molar-refractivity contribution in [3.8, 4) is 0 Å². The van der Waals surface area contributed by atoms with Crippen LogP contribution in [0.1, 0.15) is 33.2 Å². The predicted molar refractivity (Wildman–Crippen MR) is 127 cm³/mol. The molecule has 0 bridgehead atoms. The molecule has 3 aliphatic rings. The highest BCUT2D eigenvalue weighted by molar-refractivity contribution is 5.99. The largest absolute Gasteiger partial charge is 0.434 e. The van der Waals surface area contributed by atoms with E-state index in [1.807, 2.05) is 77.7 Å². The lowest BCUT2D eigenvalue weighted by molar-refractivity contribution is -0.153. The number of fused-ring (bicyclic) bond motifs is 2. The van der Waals surface area contributed by atoms with Crippen molar-refractivity contribution in [2.45, 2.75) is 24.0 Å². The Morgan fingerprint density at radius 2 is 1.51 bits per heavy atom. The average Bonchev–Trinajstić information content (AvgIpc) is 3.39. The normalized spacial score (nSPS) is 24.7. The summed E-state index contributed by atoms with van der Waals surface area (Å²) in [6.07, 6.45) is -0.645. The minimum atomic E-state index is -1.26. The molecule has 3 aromatic rings. The van der Waals surface area contributed by atoms with Crippen LogP contribution in [0.3, 0.4) is 0 Å². The first-order chi connectivity index (χ1) is 17.1. The quantitative estimate of drug-likeness (QED) is 0.504. The van der Waals surface area contributed by atoms with Crippen LogP contribution in [0.2, 0.25) is 0 Å². The number of amides is 2. The first-order valence-electron chi connectivity index (χ1n) is 11.6. The van der Waals surface area contributed by atoms with Crippen molar-refractivity contribution in [3.63, 3.8) is 0 Å². The zero-order valence-corrected chi connectivity index (χ0v) is 18.8. The standard InChI is InChI=1S/C27H24N4O4/c32-24-20-14-8-7-13-19(20)23(29-24)30-25(33)21-15-28-16-22-26(34)35-27(31(21)22,17-9-3-1-4-10-17)18-11-5-2-6-12-18/h1-14,21-23,28H,15-16H2,(H,29,32)(H,30,33). The molecular formula is C27H24N4O4. The number of esters is 1. The highest BCUT2D eigenvalue weighted by atomic mass is 16.6. The van der Waals surface area contributed by atoms with E-state index >= 15 is 0 Å². The van der Waals surface area contributed by atoms with E-state index in [1.165, 1.54) is 0 Å². The molecule has 0 aliphatic carbocycles. The van der Waals surface area contributed by atoms with Crippen LogP contribution in [0, 0.1) is 0 Å². The van der Waals surface area contributed by atoms with Gasteiger partial charge in [0.1, 0.15) is 18.2 Å². The Kier molecular flexibility index (Phi) is 5.12. The van der Waals surface area contributed by atoms with Crippen LogP contribution in [0.15, 0.2) is 84.9 Å². The summed E-state index contributed by atoms with van der Waals surface area (Å²) in [7, 11) is 0. The molecule has 3 aliphatic heterocycles. The summed E-state index contributed by atoms with van der Waals surface area (Å²) in [6.45, 7) is 0.690. The summed E-state index contributed by atoms with van der Waals surface area (Å²) in [4.78, 5) is 41.2. The van der Waals surface area contributed by atoms with Crippen LogP contribution in [0.4, 0.5) is 0 Å². The Balaban J connectivity index is 1.41. The molecule has 8 heteroatoms. The number of nitrogens with zero attached hydrogens (tertiary/aromatic N) is 1. The van der Waals surface area contributed by atoms with Gasteiger partial charge in [-0.15, -0.1) is 0 Å². The van der Waals surface area contributed by atoms with E-state index in [1.54, 1.807) is 12.1 Å². The maximum atomic E-state index is 13.8. The molecule has 0 aromatic heterocycles. The Labute approximate surface area is 202 Å². The third-order valence-electron chi connectivity index (χ3n) is 6.94. The molecule has 35 heavy (non-hydrogen) atoms. The molecule has 2 saturated heterocycles. The van der Waals surface area contributed by atoms with Crippen LogP contribution in [0.25, 0.3) is 0 Å². The number of carbonyl (C=O) groups excluding carboxylic acids is 3. The second-order valence-electron chi connectivity index (χ2n) is 8.90. The second kappa shape index (κ2) is 8.33. The van der Waals surface area contributed by atoms with Crippen LogP contribution in [-0.2, 0) is 20.1 Å². The van der Waals surface area contributed by atoms with Crippen molar-refractivity contribution in [1.29, 1.82) is 0 Å². The lowest BCUT2D eigenvalue weighted by Crippen LogP contribution is -2.66. The summed E-state index contributed by atoms with van der Waals surface area (Å²) >= 11 is 0. The lowest BCUT2D eigenvalue weighted by Gasteiger charge is -2.44. The van der Waals surface area contributed by atoms with E-state index < -0.39 is 24.0 Å². The van der Waals surface area contributed by atoms with E-state index in [0.29, 0.717) is 18.7 Å². The average molecular weight is 469 g/mol. The molecule has 0 saturated carbocycles. The van der Waals surface area contributed by atoms with Gasteiger partial charge in [-0.25, -0.2) is 4.90 Å². The number of carbonyl (C=O) groups is 3. The molecule has 176 valence electrons. The monoisotopic (exact) mass is 468 g/mol. The predicted octanol–water partition coefficient (Wildman–Crippen LogP) is 1.65. The van der Waals surface area contributed by atoms with E-state index in [-0.39, 0.29) is 17.8 Å². The number of ether oxygens (including phenoxy) is 1. The van der Waals surface area contributed by atoms with E-state index in [4.69, 9.17) is 4.74 Å². The molecule has 3 aromatic carbocycles. The van der Waals surface area contributed by atoms with Gasteiger partial charge in [0.2, 0.25) is 11.6 Å². The number of rotatable bonds is 4. The molecule has 0 spiro atoms. The molecular weight excluding hydrogens is 444 g/mol. The van der Waals surface area contributed by atoms with Gasteiger partial charge in [-0.1, -0.05) is 78.9 Å². The zero-order valence-electron chi connectivity index (χ0n) is 18.8. The van der Waals surface area contributed by atoms with Gasteiger partial charge in [-0.3, -0.25) is 14.4 Å². The molecule has 3 atom stereocenters. The first kappa shape index (κ1) is 21.5. The minimum absolute atomic E-state index is 0.229. The highest BCUT2D eigenvalue weighted by Gasteiger charge is 2.60. The van der Waals surface area contributed by atoms with Crippen molar-refractivity contribution < 1.29 is 19.1 Å². The van der Waals surface area contributed by atoms with Gasteiger partial charge >= 0.3 is 5.97 Å². The van der Waals surface area contributed by atoms with Gasteiger partial charge in [0.15, 0.2) is 0 Å². The molecule has 6 rings (SSSR count). The van der Waals surface area contributed by atoms with E-state index in [9.17, 15) is 14.4 Å². The third kappa shape index (κ3) is 3.33. The molecule has 0 radical (unpaired) electrons. The lowest BCUT2D eigenvalue weighted by atomic mass is 9.90. The summed E-state index contributed by atoms with van der Waals surface area (Å²) < 4.78 is 6.19. The fraction of sp³-hybridized carbons (Fsp3) is 0.222. The molecule has 2 fully saturated rings. The molecule has 2 amide bonds. The van der Waals surface area contributed by atoms with Crippen molar-refractivity contribution in [2.75, 3.05) is 13.1 Å². The van der Waals surface area contributed by atoms with Gasteiger partial charge in [0.05, 0.1) is 0 Å². The highest BCUT2D eigenvalue weighted by Crippen LogP contribution is 2.45. The summed E-state index contributed by atoms with van der Waals surface area (Å²) in [5.41, 5.74) is 1.53. The van der Waals surface area contributed by atoms with Crippen molar-refractivity contribution in [1.82, 2.24) is 20.9 Å². The minimum Gasteiger partial charge on any atom is -0.434 e. The van der Waals surface area contributed by atoms with Crippen molar-refractivity contribution in [2.24, 2.45) is 0 Å². The summed E-state index contributed by atoms with van der Waals surface area (Å²) in [5, 5.41) is 9.04. The topological polar surface area (TPSA) is 99.8 Å². The smallest absolute Gasteiger partial charge is 0.327 e. The summed E-state index contributed by atoms with van der Waals surface area (Å²) in [6, 6.07) is 24.8. The SMILES string of the molecule is O=C1NC(NC(=O)C2CNCC3C(=O)OC(c4ccccc4)(c4ccccc4)N23)c2ccccc21. The Bertz CT molecular complexity index is 1260. The van der Waals surface area contributed by atoms with Gasteiger partial charge in [-0.2, -0.15) is 0 Å². The maximum absolute atomic E-state index is 13.8. The number of cyclic esters (lactones) is 1. The van der Waals surface area contributed by atoms with Crippen LogP contribution < -0.4 is 16.0 Å². The number of hydrogen-bond acceptors (Lipinski definition) is 6. The van der Waals surface area contributed by atoms with Crippen LogP contribution >= 0.6 is 0 Å². The van der Waals surface area contributed by atoms with Gasteiger partial charge in [0.25, 0.3) is 5.91 Å². The number of hydrogen-bond donors (Lipinski definition) is 3. The van der Waals surface area contributed by atoms with Gasteiger partial charge in [-0.05, 0) is 6.07 Å². The zero-order chi connectivity index (χ0) is 24.0. The van der Waals surface area contributed by atoms with Crippen LogP contribution in [0.5, 0.6) is 0 Å². The number of benzene rings is 3. The Hall–Kier alpha value is -4.01. The van der Waals surface area contributed by atoms with Crippen LogP contribution in [-0.4, -0.2) is 47.9 Å². The van der Waals surface area contributed by atoms with Crippen molar-refractivity contribution in [3.05, 3.63) is 107 Å². The van der Waals surface area contributed by atoms with Gasteiger partial charge < -0.3 is 20.7 Å². The third-order valence-corrected chi connectivity index (χ3v) is 6.94. The Morgan fingerprint density at radius 1 is 0.886 bits per heavy atom. The fourth-order valence-corrected chi connectivity index (χ4v) is 5.40. The second-order valence-corrected chi connectivity index (χ2v) is 8.90. The summed E-state index contributed by atoms with van der Waals surface area (Å²) in [5.74, 6) is -0.922. The number of nitrogens with one attached hydrogen (secondary N) is 3. The van der Waals surface area contributed by atoms with E-state index in [0.717, 1.165) is 16.7 Å². The van der Waals surface area contributed by atoms with Crippen molar-refractivity contribution >= 4 is 17.8 Å². The van der Waals surface area contributed by atoms with Gasteiger partial charge in [0, 0.05) is 35.3 Å². The Morgan fingerprint density at radius 3 is 2.20 bits per heavy atom. The fourth-order valence-electron chi connectivity index (χ4n) is 5.40. The molecule has 8 nitrogen and oxygen atoms in total. The van der Waals surface area contributed by atoms with E-state index in [2.05, 4.69) is 16.0 Å². The number of piperazine rings is 1. The molecule has 3 N–H and O–H groups in total.